The van der Waals surface area contributed by atoms with E-state index in [1.807, 2.05) is 6.92 Å². The van der Waals surface area contributed by atoms with Crippen molar-refractivity contribution >= 4 is 27.3 Å². The summed E-state index contributed by atoms with van der Waals surface area (Å²) in [7, 11) is 0. The van der Waals surface area contributed by atoms with Gasteiger partial charge in [-0.3, -0.25) is 0 Å². The Morgan fingerprint density at radius 1 is 1.14 bits per heavy atom. The minimum absolute atomic E-state index is 1.05. The van der Waals surface area contributed by atoms with E-state index in [0.29, 0.717) is 0 Å². The topological polar surface area (TPSA) is 12.9 Å². The Morgan fingerprint density at radius 2 is 1.79 bits per heavy atom. The van der Waals surface area contributed by atoms with Crippen LogP contribution in [0, 0.1) is 13.8 Å². The van der Waals surface area contributed by atoms with Gasteiger partial charge in [-0.05, 0) is 29.8 Å². The first kappa shape index (κ1) is 9.87. The highest BCUT2D eigenvalue weighted by Gasteiger charge is 2.07. The van der Waals surface area contributed by atoms with Gasteiger partial charge in [0.2, 0.25) is 0 Å². The van der Waals surface area contributed by atoms with Crippen LogP contribution < -0.4 is 0 Å². The van der Waals surface area contributed by atoms with Crippen LogP contribution in [0.3, 0.4) is 0 Å². The number of aryl methyl sites for hydroxylation is 2. The molecule has 0 aliphatic rings. The van der Waals surface area contributed by atoms with Crippen LogP contribution >= 0.6 is 27.3 Å². The van der Waals surface area contributed by atoms with Crippen LogP contribution in [0.25, 0.3) is 11.3 Å². The zero-order chi connectivity index (χ0) is 10.1. The normalized spacial score (nSPS) is 10.5. The van der Waals surface area contributed by atoms with E-state index in [9.17, 15) is 0 Å². The van der Waals surface area contributed by atoms with Crippen LogP contribution in [0.1, 0.15) is 10.6 Å². The average Bonchev–Trinajstić information content (AvgIpc) is 2.47. The number of benzene rings is 1. The first-order valence-electron chi connectivity index (χ1n) is 4.37. The zero-order valence-corrected chi connectivity index (χ0v) is 10.4. The van der Waals surface area contributed by atoms with Crippen molar-refractivity contribution < 1.29 is 0 Å². The third kappa shape index (κ3) is 1.88. The third-order valence-corrected chi connectivity index (χ3v) is 3.64. The second-order valence-electron chi connectivity index (χ2n) is 3.22. The molecule has 0 radical (unpaired) electrons. The molecule has 0 spiro atoms. The minimum Gasteiger partial charge on any atom is -0.240 e. The van der Waals surface area contributed by atoms with Crippen molar-refractivity contribution in [1.82, 2.24) is 4.98 Å². The van der Waals surface area contributed by atoms with Gasteiger partial charge in [-0.15, -0.1) is 11.3 Å². The molecule has 1 heterocycles. The summed E-state index contributed by atoms with van der Waals surface area (Å²) < 4.78 is 1.11. The van der Waals surface area contributed by atoms with Gasteiger partial charge in [-0.25, -0.2) is 4.98 Å². The van der Waals surface area contributed by atoms with Crippen molar-refractivity contribution in [3.8, 4) is 11.3 Å². The standard InChI is InChI=1S/C11H10BrNS/c1-7-3-5-9(6-4-7)10-11(12)14-8(2)13-10/h3-6H,1-2H3. The van der Waals surface area contributed by atoms with E-state index in [4.69, 9.17) is 0 Å². The second kappa shape index (κ2) is 3.83. The fourth-order valence-electron chi connectivity index (χ4n) is 1.29. The molecular formula is C11H10BrNS. The summed E-state index contributed by atoms with van der Waals surface area (Å²) in [4.78, 5) is 4.48. The van der Waals surface area contributed by atoms with Gasteiger partial charge in [-0.1, -0.05) is 29.8 Å². The molecule has 2 rings (SSSR count). The van der Waals surface area contributed by atoms with Crippen LogP contribution in [0.4, 0.5) is 0 Å². The average molecular weight is 268 g/mol. The molecule has 0 amide bonds. The molecule has 1 nitrogen and oxygen atoms in total. The number of hydrogen-bond donors (Lipinski definition) is 0. The van der Waals surface area contributed by atoms with E-state index in [-0.39, 0.29) is 0 Å². The molecule has 1 aromatic carbocycles. The Balaban J connectivity index is 2.49. The lowest BCUT2D eigenvalue weighted by atomic mass is 10.1. The summed E-state index contributed by atoms with van der Waals surface area (Å²) >= 11 is 5.20. The summed E-state index contributed by atoms with van der Waals surface area (Å²) in [6, 6.07) is 8.43. The maximum atomic E-state index is 4.48. The van der Waals surface area contributed by atoms with Gasteiger partial charge in [0.05, 0.1) is 14.5 Å². The van der Waals surface area contributed by atoms with Gasteiger partial charge in [0, 0.05) is 5.56 Å². The lowest BCUT2D eigenvalue weighted by Crippen LogP contribution is -1.79. The Labute approximate surface area is 95.9 Å². The smallest absolute Gasteiger partial charge is 0.0979 e. The third-order valence-electron chi connectivity index (χ3n) is 2.02. The van der Waals surface area contributed by atoms with Crippen LogP contribution in [-0.2, 0) is 0 Å². The van der Waals surface area contributed by atoms with Crippen LogP contribution in [0.2, 0.25) is 0 Å². The number of thiazole rings is 1. The molecule has 0 N–H and O–H groups in total. The maximum absolute atomic E-state index is 4.48. The largest absolute Gasteiger partial charge is 0.240 e. The molecule has 0 bridgehead atoms. The van der Waals surface area contributed by atoms with Crippen molar-refractivity contribution in [3.63, 3.8) is 0 Å². The Morgan fingerprint density at radius 3 is 2.29 bits per heavy atom. The fourth-order valence-corrected chi connectivity index (χ4v) is 2.97. The molecule has 1 aromatic heterocycles. The molecular weight excluding hydrogens is 258 g/mol. The van der Waals surface area contributed by atoms with Crippen LogP contribution in [0.15, 0.2) is 28.1 Å². The highest BCUT2D eigenvalue weighted by Crippen LogP contribution is 2.32. The van der Waals surface area contributed by atoms with Gasteiger partial charge >= 0.3 is 0 Å². The van der Waals surface area contributed by atoms with E-state index >= 15 is 0 Å². The second-order valence-corrected chi connectivity index (χ2v) is 5.74. The predicted molar refractivity (Wildman–Crippen MR) is 64.7 cm³/mol. The number of aromatic nitrogens is 1. The summed E-state index contributed by atoms with van der Waals surface area (Å²) in [6.45, 7) is 4.11. The Bertz CT molecular complexity index is 445. The highest BCUT2D eigenvalue weighted by molar-refractivity contribution is 9.11. The Kier molecular flexibility index (Phi) is 2.70. The van der Waals surface area contributed by atoms with Crippen molar-refractivity contribution in [1.29, 1.82) is 0 Å². The monoisotopic (exact) mass is 267 g/mol. The van der Waals surface area contributed by atoms with Gasteiger partial charge in [0.15, 0.2) is 0 Å². The van der Waals surface area contributed by atoms with E-state index in [1.165, 1.54) is 11.1 Å². The molecule has 0 aliphatic carbocycles. The lowest BCUT2D eigenvalue weighted by molar-refractivity contribution is 1.29. The fraction of sp³-hybridized carbons (Fsp3) is 0.182. The summed E-state index contributed by atoms with van der Waals surface area (Å²) in [5, 5.41) is 1.09. The summed E-state index contributed by atoms with van der Waals surface area (Å²) in [5.41, 5.74) is 3.50. The SMILES string of the molecule is Cc1ccc(-c2nc(C)sc2Br)cc1. The van der Waals surface area contributed by atoms with Gasteiger partial charge < -0.3 is 0 Å². The molecule has 0 atom stereocenters. The number of hydrogen-bond acceptors (Lipinski definition) is 2. The summed E-state index contributed by atoms with van der Waals surface area (Å²) in [5.74, 6) is 0. The van der Waals surface area contributed by atoms with E-state index in [0.717, 1.165) is 14.5 Å². The van der Waals surface area contributed by atoms with Gasteiger partial charge in [0.1, 0.15) is 0 Å². The molecule has 0 saturated carbocycles. The molecule has 0 fully saturated rings. The van der Waals surface area contributed by atoms with E-state index in [2.05, 4.69) is 52.1 Å². The predicted octanol–water partition coefficient (Wildman–Crippen LogP) is 4.19. The number of rotatable bonds is 1. The minimum atomic E-state index is 1.05. The zero-order valence-electron chi connectivity index (χ0n) is 8.04. The van der Waals surface area contributed by atoms with Gasteiger partial charge in [-0.2, -0.15) is 0 Å². The molecule has 2 aromatic rings. The van der Waals surface area contributed by atoms with E-state index < -0.39 is 0 Å². The number of halogens is 1. The van der Waals surface area contributed by atoms with Gasteiger partial charge in [0.25, 0.3) is 0 Å². The van der Waals surface area contributed by atoms with Crippen molar-refractivity contribution in [2.45, 2.75) is 13.8 Å². The number of nitrogens with zero attached hydrogens (tertiary/aromatic N) is 1. The molecule has 3 heteroatoms. The van der Waals surface area contributed by atoms with Crippen molar-refractivity contribution in [2.75, 3.05) is 0 Å². The first-order chi connectivity index (χ1) is 6.66. The van der Waals surface area contributed by atoms with Crippen LogP contribution in [0.5, 0.6) is 0 Å². The quantitative estimate of drug-likeness (QED) is 0.755. The molecule has 14 heavy (non-hydrogen) atoms. The lowest BCUT2D eigenvalue weighted by Gasteiger charge is -1.98. The molecule has 72 valence electrons. The highest BCUT2D eigenvalue weighted by atomic mass is 79.9. The van der Waals surface area contributed by atoms with Crippen molar-refractivity contribution in [2.24, 2.45) is 0 Å². The molecule has 0 aliphatic heterocycles. The van der Waals surface area contributed by atoms with Crippen molar-refractivity contribution in [3.05, 3.63) is 38.6 Å². The van der Waals surface area contributed by atoms with E-state index in [1.54, 1.807) is 11.3 Å². The Hall–Kier alpha value is -0.670. The molecule has 0 saturated heterocycles. The maximum Gasteiger partial charge on any atom is 0.0979 e. The summed E-state index contributed by atoms with van der Waals surface area (Å²) in [6.07, 6.45) is 0. The first-order valence-corrected chi connectivity index (χ1v) is 5.98. The molecule has 0 unspecified atom stereocenters. The van der Waals surface area contributed by atoms with Crippen LogP contribution in [-0.4, -0.2) is 4.98 Å².